The van der Waals surface area contributed by atoms with Gasteiger partial charge in [-0.15, -0.1) is 0 Å². The number of halogens is 2. The van der Waals surface area contributed by atoms with E-state index in [0.29, 0.717) is 18.7 Å². The van der Waals surface area contributed by atoms with E-state index in [-0.39, 0.29) is 16.2 Å². The molecule has 2 heterocycles. The van der Waals surface area contributed by atoms with Crippen LogP contribution >= 0.6 is 23.2 Å². The molecule has 1 N–H and O–H groups in total. The van der Waals surface area contributed by atoms with E-state index in [9.17, 15) is 9.90 Å². The monoisotopic (exact) mass is 274 g/mol. The van der Waals surface area contributed by atoms with E-state index in [0.717, 1.165) is 12.8 Å². The maximum Gasteiger partial charge on any atom is 0.257 e. The number of carbonyl (C=O) groups is 1. The Balaban J connectivity index is 2.18. The average molecular weight is 275 g/mol. The Morgan fingerprint density at radius 3 is 2.88 bits per heavy atom. The van der Waals surface area contributed by atoms with Gasteiger partial charge in [-0.1, -0.05) is 23.2 Å². The quantitative estimate of drug-likeness (QED) is 0.797. The van der Waals surface area contributed by atoms with Gasteiger partial charge in [-0.25, -0.2) is 4.98 Å². The summed E-state index contributed by atoms with van der Waals surface area (Å²) in [6, 6.07) is 3.09. The number of amides is 1. The number of aliphatic hydroxyl groups is 1. The molecule has 1 atom stereocenters. The van der Waals surface area contributed by atoms with Crippen LogP contribution in [0.4, 0.5) is 0 Å². The molecule has 1 aromatic heterocycles. The van der Waals surface area contributed by atoms with Crippen molar-refractivity contribution in [2.24, 2.45) is 0 Å². The van der Waals surface area contributed by atoms with E-state index in [4.69, 9.17) is 23.2 Å². The van der Waals surface area contributed by atoms with Crippen LogP contribution in [-0.2, 0) is 0 Å². The Hall–Kier alpha value is -0.840. The standard InChI is InChI=1S/C11H12Cl2N2O2/c12-9-4-3-8(10(13)14-9)11(17)15-5-1-2-7(16)6-15/h3-4,7,16H,1-2,5-6H2/t7-/m0/s1. The molecule has 0 spiro atoms. The summed E-state index contributed by atoms with van der Waals surface area (Å²) in [6.45, 7) is 0.979. The predicted octanol–water partition coefficient (Wildman–Crippen LogP) is 1.99. The maximum absolute atomic E-state index is 12.1. The minimum absolute atomic E-state index is 0.0996. The second-order valence-electron chi connectivity index (χ2n) is 4.02. The fourth-order valence-corrected chi connectivity index (χ4v) is 2.31. The van der Waals surface area contributed by atoms with Crippen LogP contribution in [0.15, 0.2) is 12.1 Å². The van der Waals surface area contributed by atoms with Crippen LogP contribution in [0.1, 0.15) is 23.2 Å². The lowest BCUT2D eigenvalue weighted by atomic mass is 10.1. The molecule has 17 heavy (non-hydrogen) atoms. The van der Waals surface area contributed by atoms with E-state index in [1.165, 1.54) is 6.07 Å². The van der Waals surface area contributed by atoms with Crippen molar-refractivity contribution in [1.82, 2.24) is 9.88 Å². The molecule has 2 rings (SSSR count). The van der Waals surface area contributed by atoms with Gasteiger partial charge in [-0.05, 0) is 25.0 Å². The predicted molar refractivity (Wildman–Crippen MR) is 65.4 cm³/mol. The highest BCUT2D eigenvalue weighted by Crippen LogP contribution is 2.20. The van der Waals surface area contributed by atoms with Gasteiger partial charge in [0.15, 0.2) is 0 Å². The number of hydrogen-bond acceptors (Lipinski definition) is 3. The van der Waals surface area contributed by atoms with Crippen molar-refractivity contribution < 1.29 is 9.90 Å². The van der Waals surface area contributed by atoms with Gasteiger partial charge in [-0.2, -0.15) is 0 Å². The molecule has 1 aliphatic heterocycles. The number of β-amino-alcohol motifs (C(OH)–C–C–N with tert-alkyl or cyclic N) is 1. The summed E-state index contributed by atoms with van der Waals surface area (Å²) in [6.07, 6.45) is 1.08. The maximum atomic E-state index is 12.1. The summed E-state index contributed by atoms with van der Waals surface area (Å²) < 4.78 is 0. The summed E-state index contributed by atoms with van der Waals surface area (Å²) in [5.41, 5.74) is 0.324. The van der Waals surface area contributed by atoms with Crippen molar-refractivity contribution in [2.75, 3.05) is 13.1 Å². The minimum Gasteiger partial charge on any atom is -0.391 e. The van der Waals surface area contributed by atoms with E-state index in [1.807, 2.05) is 0 Å². The first-order valence-corrected chi connectivity index (χ1v) is 6.13. The van der Waals surface area contributed by atoms with E-state index >= 15 is 0 Å². The number of hydrogen-bond donors (Lipinski definition) is 1. The first-order chi connectivity index (χ1) is 8.08. The molecule has 0 bridgehead atoms. The molecule has 0 radical (unpaired) electrons. The average Bonchev–Trinajstić information content (AvgIpc) is 2.28. The minimum atomic E-state index is -0.452. The van der Waals surface area contributed by atoms with Crippen molar-refractivity contribution in [3.05, 3.63) is 28.0 Å². The summed E-state index contributed by atoms with van der Waals surface area (Å²) in [5.74, 6) is -0.210. The molecule has 1 fully saturated rings. The first kappa shape index (κ1) is 12.6. The van der Waals surface area contributed by atoms with Crippen molar-refractivity contribution >= 4 is 29.1 Å². The number of likely N-dealkylation sites (tertiary alicyclic amines) is 1. The topological polar surface area (TPSA) is 53.4 Å². The van der Waals surface area contributed by atoms with Crippen LogP contribution in [0.2, 0.25) is 10.3 Å². The van der Waals surface area contributed by atoms with Gasteiger partial charge in [-0.3, -0.25) is 4.79 Å². The lowest BCUT2D eigenvalue weighted by Gasteiger charge is -2.30. The number of pyridine rings is 1. The molecule has 0 saturated carbocycles. The molecule has 1 aromatic rings. The summed E-state index contributed by atoms with van der Waals surface area (Å²) >= 11 is 11.5. The summed E-state index contributed by atoms with van der Waals surface area (Å²) in [5, 5.41) is 9.88. The normalized spacial score (nSPS) is 20.4. The third-order valence-corrected chi connectivity index (χ3v) is 3.23. The van der Waals surface area contributed by atoms with E-state index in [2.05, 4.69) is 4.98 Å². The molecule has 0 aliphatic carbocycles. The largest absolute Gasteiger partial charge is 0.391 e. The van der Waals surface area contributed by atoms with Gasteiger partial charge in [0.2, 0.25) is 0 Å². The van der Waals surface area contributed by atoms with Gasteiger partial charge in [0.05, 0.1) is 11.7 Å². The fraction of sp³-hybridized carbons (Fsp3) is 0.455. The number of aromatic nitrogens is 1. The Labute approximate surface area is 109 Å². The highest BCUT2D eigenvalue weighted by atomic mass is 35.5. The second kappa shape index (κ2) is 5.21. The highest BCUT2D eigenvalue weighted by molar-refractivity contribution is 6.34. The number of aliphatic hydroxyl groups excluding tert-OH is 1. The second-order valence-corrected chi connectivity index (χ2v) is 4.76. The van der Waals surface area contributed by atoms with Crippen molar-refractivity contribution in [2.45, 2.75) is 18.9 Å². The van der Waals surface area contributed by atoms with Crippen LogP contribution in [0.3, 0.4) is 0 Å². The zero-order valence-electron chi connectivity index (χ0n) is 9.07. The molecule has 1 saturated heterocycles. The Bertz CT molecular complexity index is 439. The van der Waals surface area contributed by atoms with Gasteiger partial charge in [0, 0.05) is 13.1 Å². The van der Waals surface area contributed by atoms with Crippen LogP contribution in [-0.4, -0.2) is 40.1 Å². The van der Waals surface area contributed by atoms with Crippen LogP contribution < -0.4 is 0 Å². The molecule has 1 aliphatic rings. The van der Waals surface area contributed by atoms with Crippen molar-refractivity contribution in [3.63, 3.8) is 0 Å². The third kappa shape index (κ3) is 2.89. The SMILES string of the molecule is O=C(c1ccc(Cl)nc1Cl)N1CCC[C@H](O)C1. The summed E-state index contributed by atoms with van der Waals surface area (Å²) in [4.78, 5) is 17.5. The zero-order chi connectivity index (χ0) is 12.4. The molecule has 1 amide bonds. The number of piperidine rings is 1. The van der Waals surface area contributed by atoms with Gasteiger partial charge < -0.3 is 10.0 Å². The Kier molecular flexibility index (Phi) is 3.86. The van der Waals surface area contributed by atoms with Crippen molar-refractivity contribution in [1.29, 1.82) is 0 Å². The molecular formula is C11H12Cl2N2O2. The number of rotatable bonds is 1. The molecule has 0 unspecified atom stereocenters. The zero-order valence-corrected chi connectivity index (χ0v) is 10.6. The fourth-order valence-electron chi connectivity index (χ4n) is 1.88. The Morgan fingerprint density at radius 1 is 1.47 bits per heavy atom. The van der Waals surface area contributed by atoms with E-state index < -0.39 is 6.10 Å². The molecule has 6 heteroatoms. The molecule has 4 nitrogen and oxygen atoms in total. The lowest BCUT2D eigenvalue weighted by Crippen LogP contribution is -2.42. The number of nitrogens with zero attached hydrogens (tertiary/aromatic N) is 2. The third-order valence-electron chi connectivity index (χ3n) is 2.73. The number of carbonyl (C=O) groups excluding carboxylic acids is 1. The summed E-state index contributed by atoms with van der Waals surface area (Å²) in [7, 11) is 0. The van der Waals surface area contributed by atoms with Crippen molar-refractivity contribution in [3.8, 4) is 0 Å². The van der Waals surface area contributed by atoms with Gasteiger partial charge >= 0.3 is 0 Å². The lowest BCUT2D eigenvalue weighted by molar-refractivity contribution is 0.0473. The van der Waals surface area contributed by atoms with Gasteiger partial charge in [0.25, 0.3) is 5.91 Å². The molecule has 0 aromatic carbocycles. The molecule has 92 valence electrons. The van der Waals surface area contributed by atoms with Crippen LogP contribution in [0.5, 0.6) is 0 Å². The first-order valence-electron chi connectivity index (χ1n) is 5.37. The van der Waals surface area contributed by atoms with Gasteiger partial charge in [0.1, 0.15) is 10.3 Å². The highest BCUT2D eigenvalue weighted by Gasteiger charge is 2.24. The molecular weight excluding hydrogens is 263 g/mol. The Morgan fingerprint density at radius 2 is 2.24 bits per heavy atom. The van der Waals surface area contributed by atoms with Crippen LogP contribution in [0.25, 0.3) is 0 Å². The smallest absolute Gasteiger partial charge is 0.257 e. The van der Waals surface area contributed by atoms with E-state index in [1.54, 1.807) is 11.0 Å². The van der Waals surface area contributed by atoms with Crippen LogP contribution in [0, 0.1) is 0 Å².